The maximum Gasteiger partial charge on any atom is 0.430 e. The van der Waals surface area contributed by atoms with E-state index in [0.717, 1.165) is 5.17 Å². The summed E-state index contributed by atoms with van der Waals surface area (Å²) in [5, 5.41) is 2.83. The SMILES string of the molecule is NC(=O)ON1C=CSN1. The highest BCUT2D eigenvalue weighted by molar-refractivity contribution is 8.00. The molecular formula is C3H5N3O2S. The molecule has 0 fully saturated rings. The second-order valence-corrected chi connectivity index (χ2v) is 1.92. The minimum atomic E-state index is -0.838. The fourth-order valence-corrected chi connectivity index (χ4v) is 0.779. The van der Waals surface area contributed by atoms with Crippen molar-refractivity contribution in [2.75, 3.05) is 0 Å². The van der Waals surface area contributed by atoms with Gasteiger partial charge in [0.1, 0.15) is 0 Å². The number of carbonyl (C=O) groups is 1. The van der Waals surface area contributed by atoms with Crippen LogP contribution in [0.25, 0.3) is 0 Å². The molecule has 9 heavy (non-hydrogen) atoms. The van der Waals surface area contributed by atoms with Gasteiger partial charge in [-0.25, -0.2) is 4.79 Å². The molecule has 0 aromatic rings. The number of hydroxylamine groups is 1. The average Bonchev–Trinajstić information content (AvgIpc) is 2.15. The van der Waals surface area contributed by atoms with Crippen LogP contribution in [0.2, 0.25) is 0 Å². The maximum atomic E-state index is 10.0. The van der Waals surface area contributed by atoms with E-state index in [9.17, 15) is 4.79 Å². The molecular weight excluding hydrogens is 142 g/mol. The van der Waals surface area contributed by atoms with Gasteiger partial charge in [0.05, 0.1) is 6.20 Å². The predicted octanol–water partition coefficient (Wildman–Crippen LogP) is -0.0637. The van der Waals surface area contributed by atoms with Crippen LogP contribution in [0, 0.1) is 0 Å². The lowest BCUT2D eigenvalue weighted by Gasteiger charge is -2.10. The topological polar surface area (TPSA) is 67.6 Å². The van der Waals surface area contributed by atoms with Crippen molar-refractivity contribution in [3.63, 3.8) is 0 Å². The molecule has 6 heteroatoms. The summed E-state index contributed by atoms with van der Waals surface area (Å²) in [6.07, 6.45) is 0.699. The molecule has 0 atom stereocenters. The predicted molar refractivity (Wildman–Crippen MR) is 32.4 cm³/mol. The van der Waals surface area contributed by atoms with Gasteiger partial charge in [-0.15, -0.1) is 10.0 Å². The van der Waals surface area contributed by atoms with Gasteiger partial charge in [-0.3, -0.25) is 0 Å². The first-order chi connectivity index (χ1) is 4.29. The molecule has 0 spiro atoms. The highest BCUT2D eigenvalue weighted by Crippen LogP contribution is 2.07. The first-order valence-corrected chi connectivity index (χ1v) is 3.01. The van der Waals surface area contributed by atoms with Gasteiger partial charge in [0, 0.05) is 5.41 Å². The highest BCUT2D eigenvalue weighted by atomic mass is 32.2. The number of hydrogen-bond acceptors (Lipinski definition) is 5. The number of nitrogens with one attached hydrogen (secondary N) is 1. The molecule has 1 aliphatic rings. The van der Waals surface area contributed by atoms with Gasteiger partial charge >= 0.3 is 6.09 Å². The van der Waals surface area contributed by atoms with E-state index in [1.54, 1.807) is 5.41 Å². The second kappa shape index (κ2) is 2.60. The number of rotatable bonds is 1. The van der Waals surface area contributed by atoms with Gasteiger partial charge < -0.3 is 10.6 Å². The van der Waals surface area contributed by atoms with Crippen LogP contribution in [0.4, 0.5) is 4.79 Å². The third-order valence-corrected chi connectivity index (χ3v) is 1.14. The number of primary amides is 1. The summed E-state index contributed by atoms with van der Waals surface area (Å²) in [5.74, 6) is 0. The van der Waals surface area contributed by atoms with Crippen LogP contribution in [0.15, 0.2) is 11.6 Å². The van der Waals surface area contributed by atoms with Crippen molar-refractivity contribution < 1.29 is 9.63 Å². The van der Waals surface area contributed by atoms with Crippen LogP contribution in [0.5, 0.6) is 0 Å². The summed E-state index contributed by atoms with van der Waals surface area (Å²) in [6, 6.07) is 0. The number of amides is 1. The molecule has 1 aliphatic heterocycles. The van der Waals surface area contributed by atoms with Crippen molar-refractivity contribution in [1.29, 1.82) is 0 Å². The van der Waals surface area contributed by atoms with E-state index >= 15 is 0 Å². The number of nitrogens with zero attached hydrogens (tertiary/aromatic N) is 1. The molecule has 0 aromatic heterocycles. The van der Waals surface area contributed by atoms with Crippen molar-refractivity contribution >= 4 is 18.0 Å². The lowest BCUT2D eigenvalue weighted by atomic mass is 11.0. The van der Waals surface area contributed by atoms with Crippen molar-refractivity contribution in [2.24, 2.45) is 5.73 Å². The van der Waals surface area contributed by atoms with Crippen LogP contribution < -0.4 is 10.6 Å². The fourth-order valence-electron chi connectivity index (χ4n) is 0.345. The van der Waals surface area contributed by atoms with Crippen molar-refractivity contribution in [3.05, 3.63) is 11.6 Å². The van der Waals surface area contributed by atoms with E-state index in [4.69, 9.17) is 0 Å². The lowest BCUT2D eigenvalue weighted by molar-refractivity contribution is -0.0666. The van der Waals surface area contributed by atoms with Crippen LogP contribution in [-0.4, -0.2) is 11.3 Å². The van der Waals surface area contributed by atoms with Crippen LogP contribution in [0.1, 0.15) is 0 Å². The van der Waals surface area contributed by atoms with Crippen LogP contribution in [0.3, 0.4) is 0 Å². The Labute approximate surface area is 55.9 Å². The number of nitrogens with two attached hydrogens (primary N) is 1. The smallest absolute Gasteiger partial charge is 0.333 e. The Bertz CT molecular complexity index is 148. The Morgan fingerprint density at radius 1 is 1.89 bits per heavy atom. The highest BCUT2D eigenvalue weighted by Gasteiger charge is 2.06. The molecule has 0 saturated carbocycles. The largest absolute Gasteiger partial charge is 0.430 e. The summed E-state index contributed by atoms with van der Waals surface area (Å²) in [4.78, 5) is 17.0. The fraction of sp³-hybridized carbons (Fsp3) is 0. The average molecular weight is 147 g/mol. The Morgan fingerprint density at radius 3 is 3.11 bits per heavy atom. The van der Waals surface area contributed by atoms with Gasteiger partial charge in [-0.2, -0.15) is 0 Å². The number of hydrogen-bond donors (Lipinski definition) is 2. The van der Waals surface area contributed by atoms with Gasteiger partial charge in [0.15, 0.2) is 0 Å². The normalized spacial score (nSPS) is 16.2. The van der Waals surface area contributed by atoms with Gasteiger partial charge in [-0.05, 0) is 11.9 Å². The van der Waals surface area contributed by atoms with Crippen LogP contribution >= 0.6 is 11.9 Å². The molecule has 0 bridgehead atoms. The van der Waals surface area contributed by atoms with E-state index in [-0.39, 0.29) is 0 Å². The number of hydrazine groups is 1. The quantitative estimate of drug-likeness (QED) is 0.508. The first kappa shape index (κ1) is 6.24. The Balaban J connectivity index is 2.28. The second-order valence-electron chi connectivity index (χ2n) is 1.23. The number of carbonyl (C=O) groups excluding carboxylic acids is 1. The van der Waals surface area contributed by atoms with Gasteiger partial charge in [0.2, 0.25) is 0 Å². The summed E-state index contributed by atoms with van der Waals surface area (Å²) >= 11 is 1.29. The van der Waals surface area contributed by atoms with E-state index in [1.165, 1.54) is 18.1 Å². The molecule has 0 radical (unpaired) electrons. The Kier molecular flexibility index (Phi) is 1.81. The van der Waals surface area contributed by atoms with Crippen molar-refractivity contribution in [3.8, 4) is 0 Å². The molecule has 3 N–H and O–H groups in total. The van der Waals surface area contributed by atoms with Gasteiger partial charge in [-0.1, -0.05) is 0 Å². The van der Waals surface area contributed by atoms with Crippen molar-refractivity contribution in [1.82, 2.24) is 10.0 Å². The van der Waals surface area contributed by atoms with Crippen molar-refractivity contribution in [2.45, 2.75) is 0 Å². The molecule has 0 unspecified atom stereocenters. The molecule has 1 heterocycles. The summed E-state index contributed by atoms with van der Waals surface area (Å²) in [7, 11) is 0. The molecule has 0 aliphatic carbocycles. The van der Waals surface area contributed by atoms with Crippen LogP contribution in [-0.2, 0) is 4.84 Å². The Hall–Kier alpha value is -0.880. The summed E-state index contributed by atoms with van der Waals surface area (Å²) in [6.45, 7) is 0. The van der Waals surface area contributed by atoms with E-state index in [1.807, 2.05) is 0 Å². The first-order valence-electron chi connectivity index (χ1n) is 2.13. The zero-order chi connectivity index (χ0) is 6.69. The lowest BCUT2D eigenvalue weighted by Crippen LogP contribution is -2.30. The minimum Gasteiger partial charge on any atom is -0.333 e. The van der Waals surface area contributed by atoms with Gasteiger partial charge in [0.25, 0.3) is 0 Å². The maximum absolute atomic E-state index is 10.0. The zero-order valence-corrected chi connectivity index (χ0v) is 5.22. The van der Waals surface area contributed by atoms with E-state index in [2.05, 4.69) is 15.4 Å². The Morgan fingerprint density at radius 2 is 2.67 bits per heavy atom. The summed E-state index contributed by atoms with van der Waals surface area (Å²) in [5.41, 5.74) is 4.69. The molecule has 50 valence electrons. The zero-order valence-electron chi connectivity index (χ0n) is 4.40. The standard InChI is InChI=1S/C3H5N3O2S/c4-3(7)8-6-1-2-9-5-6/h1-2,5H,(H2,4,7). The molecule has 1 rings (SSSR count). The molecule has 0 aromatic carbocycles. The summed E-state index contributed by atoms with van der Waals surface area (Å²) < 4.78 is 0. The monoisotopic (exact) mass is 147 g/mol. The van der Waals surface area contributed by atoms with E-state index in [0.29, 0.717) is 0 Å². The molecule has 1 amide bonds. The minimum absolute atomic E-state index is 0.838. The third kappa shape index (κ3) is 1.82. The van der Waals surface area contributed by atoms with E-state index < -0.39 is 6.09 Å². The molecule has 5 nitrogen and oxygen atoms in total. The molecule has 0 saturated heterocycles. The third-order valence-electron chi connectivity index (χ3n) is 0.595.